The third-order valence-corrected chi connectivity index (χ3v) is 1.52. The van der Waals surface area contributed by atoms with Crippen LogP contribution >= 0.6 is 0 Å². The molecule has 11 heavy (non-hydrogen) atoms. The first kappa shape index (κ1) is 10.2. The fourth-order valence-electron chi connectivity index (χ4n) is 0.901. The Balaban J connectivity index is 3.80. The predicted octanol–water partition coefficient (Wildman–Crippen LogP) is -0.545. The van der Waals surface area contributed by atoms with Gasteiger partial charge in [-0.1, -0.05) is 4.85 Å². The number of hydrogen-bond donors (Lipinski definition) is 1. The highest BCUT2D eigenvalue weighted by Crippen LogP contribution is 1.97. The average Bonchev–Trinajstić information content (AvgIpc) is 1.87. The molecule has 0 bridgehead atoms. The second-order valence-corrected chi connectivity index (χ2v) is 2.82. The van der Waals surface area contributed by atoms with Crippen LogP contribution < -0.4 is 5.73 Å². The van der Waals surface area contributed by atoms with E-state index in [0.717, 1.165) is 19.5 Å². The van der Waals surface area contributed by atoms with Gasteiger partial charge >= 0.3 is 0 Å². The lowest BCUT2D eigenvalue weighted by Gasteiger charge is -2.23. The van der Waals surface area contributed by atoms with Gasteiger partial charge in [-0.15, -0.1) is 0 Å². The van der Waals surface area contributed by atoms with E-state index in [2.05, 4.69) is 12.5 Å². The van der Waals surface area contributed by atoms with Crippen molar-refractivity contribution < 1.29 is 10.6 Å². The van der Waals surface area contributed by atoms with Crippen molar-refractivity contribution in [2.75, 3.05) is 13.1 Å². The molecule has 0 saturated carbocycles. The van der Waals surface area contributed by atoms with E-state index in [9.17, 15) is 5.21 Å². The van der Waals surface area contributed by atoms with Crippen LogP contribution in [0.5, 0.6) is 0 Å². The van der Waals surface area contributed by atoms with E-state index in [1.54, 1.807) is 5.01 Å². The highest BCUT2D eigenvalue weighted by Gasteiger charge is 2.12. The van der Waals surface area contributed by atoms with E-state index >= 15 is 0 Å². The minimum atomic E-state index is 0.219. The fourth-order valence-corrected chi connectivity index (χ4v) is 0.901. The summed E-state index contributed by atoms with van der Waals surface area (Å²) < 4.78 is 0. The van der Waals surface area contributed by atoms with Crippen molar-refractivity contribution in [3.63, 3.8) is 0 Å². The van der Waals surface area contributed by atoms with Crippen LogP contribution in [0.2, 0.25) is 0 Å². The Morgan fingerprint density at radius 1 is 1.64 bits per heavy atom. The van der Waals surface area contributed by atoms with Crippen LogP contribution in [0, 0.1) is 5.21 Å². The summed E-state index contributed by atoms with van der Waals surface area (Å²) in [4.78, 5) is 0.653. The van der Waals surface area contributed by atoms with Gasteiger partial charge in [-0.25, -0.2) is 0 Å². The van der Waals surface area contributed by atoms with Crippen molar-refractivity contribution in [2.45, 2.75) is 26.3 Å². The number of hydrazone groups is 1. The van der Waals surface area contributed by atoms with E-state index < -0.39 is 0 Å². The van der Waals surface area contributed by atoms with Gasteiger partial charge in [0.25, 0.3) is 0 Å². The molecule has 0 fully saturated rings. The molecule has 4 nitrogen and oxygen atoms in total. The molecule has 66 valence electrons. The quantitative estimate of drug-likeness (QED) is 0.254. The smallest absolute Gasteiger partial charge is 0.171 e. The normalized spacial score (nSPS) is 10.2. The van der Waals surface area contributed by atoms with Crippen LogP contribution in [0.1, 0.15) is 20.3 Å². The van der Waals surface area contributed by atoms with Crippen LogP contribution in [-0.4, -0.2) is 35.7 Å². The lowest BCUT2D eigenvalue weighted by atomic mass is 10.3. The molecule has 0 aliphatic rings. The molecule has 0 spiro atoms. The molecule has 0 amide bonds. The summed E-state index contributed by atoms with van der Waals surface area (Å²) in [6.45, 7) is 8.84. The van der Waals surface area contributed by atoms with Crippen molar-refractivity contribution in [1.82, 2.24) is 5.01 Å². The van der Waals surface area contributed by atoms with Gasteiger partial charge in [-0.2, -0.15) is 5.01 Å². The Bertz CT molecular complexity index is 125. The molecule has 0 heterocycles. The molecule has 0 unspecified atom stereocenters. The predicted molar refractivity (Wildman–Crippen MR) is 45.0 cm³/mol. The first-order valence-electron chi connectivity index (χ1n) is 3.93. The Hall–Kier alpha value is -0.770. The van der Waals surface area contributed by atoms with Gasteiger partial charge in [-0.05, 0) is 13.8 Å². The van der Waals surface area contributed by atoms with Crippen molar-refractivity contribution >= 4 is 6.72 Å². The highest BCUT2D eigenvalue weighted by molar-refractivity contribution is 5.14. The first-order valence-corrected chi connectivity index (χ1v) is 3.93. The maximum absolute atomic E-state index is 10.8. The van der Waals surface area contributed by atoms with Crippen LogP contribution in [-0.2, 0) is 0 Å². The molecule has 0 atom stereocenters. The third kappa shape index (κ3) is 3.83. The zero-order chi connectivity index (χ0) is 8.85. The summed E-state index contributed by atoms with van der Waals surface area (Å²) >= 11 is 0. The summed E-state index contributed by atoms with van der Waals surface area (Å²) in [5.74, 6) is 0. The van der Waals surface area contributed by atoms with Gasteiger partial charge in [0.1, 0.15) is 0 Å². The second kappa shape index (κ2) is 4.96. The number of hydrogen-bond acceptors (Lipinski definition) is 2. The summed E-state index contributed by atoms with van der Waals surface area (Å²) in [5.41, 5.74) is 3.71. The van der Waals surface area contributed by atoms with E-state index in [1.165, 1.54) is 0 Å². The Kier molecular flexibility index (Phi) is 4.61. The number of rotatable bonds is 5. The van der Waals surface area contributed by atoms with E-state index in [1.807, 2.05) is 13.8 Å². The van der Waals surface area contributed by atoms with Gasteiger partial charge in [0.05, 0.1) is 19.1 Å². The van der Waals surface area contributed by atoms with Crippen LogP contribution in [0.25, 0.3) is 0 Å². The van der Waals surface area contributed by atoms with Crippen molar-refractivity contribution in [1.29, 1.82) is 0 Å². The van der Waals surface area contributed by atoms with E-state index in [-0.39, 0.29) is 6.04 Å². The summed E-state index contributed by atoms with van der Waals surface area (Å²) in [5, 5.41) is 12.5. The summed E-state index contributed by atoms with van der Waals surface area (Å²) in [6, 6.07) is 0.219. The molecule has 0 saturated heterocycles. The molecule has 0 aromatic carbocycles. The van der Waals surface area contributed by atoms with E-state index in [4.69, 9.17) is 0 Å². The van der Waals surface area contributed by atoms with Crippen LogP contribution in [0.3, 0.4) is 0 Å². The zero-order valence-corrected chi connectivity index (χ0v) is 7.42. The Morgan fingerprint density at radius 3 is 2.45 bits per heavy atom. The first-order chi connectivity index (χ1) is 5.09. The molecular formula is C7H18N3O+. The molecule has 0 aromatic rings. The van der Waals surface area contributed by atoms with Gasteiger partial charge in [0.2, 0.25) is 0 Å². The van der Waals surface area contributed by atoms with Gasteiger partial charge in [0, 0.05) is 6.42 Å². The molecule has 0 aromatic heterocycles. The maximum Gasteiger partial charge on any atom is 0.171 e. The second-order valence-electron chi connectivity index (χ2n) is 2.82. The monoisotopic (exact) mass is 160 g/mol. The number of quaternary nitrogens is 1. The van der Waals surface area contributed by atoms with Crippen LogP contribution in [0.4, 0.5) is 0 Å². The topological polar surface area (TPSA) is 57.0 Å². The molecule has 0 rings (SSSR count). The zero-order valence-electron chi connectivity index (χ0n) is 7.42. The molecule has 0 aliphatic heterocycles. The van der Waals surface area contributed by atoms with E-state index in [0.29, 0.717) is 4.85 Å². The van der Waals surface area contributed by atoms with Gasteiger partial charge < -0.3 is 10.9 Å². The Morgan fingerprint density at radius 2 is 2.18 bits per heavy atom. The largest absolute Gasteiger partial charge is 0.597 e. The van der Waals surface area contributed by atoms with Gasteiger partial charge in [0.15, 0.2) is 6.72 Å². The minimum Gasteiger partial charge on any atom is -0.597 e. The van der Waals surface area contributed by atoms with Crippen LogP contribution in [0.15, 0.2) is 0 Å². The SMILES string of the molecule is C=[N+]([O-])N(CCC[NH3+])C(C)C. The molecular weight excluding hydrogens is 142 g/mol. The molecule has 4 heteroatoms. The minimum absolute atomic E-state index is 0.219. The van der Waals surface area contributed by atoms with Crippen molar-refractivity contribution in [3.05, 3.63) is 5.21 Å². The lowest BCUT2D eigenvalue weighted by molar-refractivity contribution is -0.639. The molecule has 0 radical (unpaired) electrons. The lowest BCUT2D eigenvalue weighted by Crippen LogP contribution is -2.52. The number of nitrogens with zero attached hydrogens (tertiary/aromatic N) is 2. The van der Waals surface area contributed by atoms with Crippen molar-refractivity contribution in [2.24, 2.45) is 0 Å². The molecule has 3 N–H and O–H groups in total. The fraction of sp³-hybridized carbons (Fsp3) is 0.857. The highest BCUT2D eigenvalue weighted by atomic mass is 16.5. The number of hydrazine groups is 1. The third-order valence-electron chi connectivity index (χ3n) is 1.52. The summed E-state index contributed by atoms with van der Waals surface area (Å²) in [6.07, 6.45) is 0.937. The van der Waals surface area contributed by atoms with Gasteiger partial charge in [-0.3, -0.25) is 0 Å². The average molecular weight is 160 g/mol. The standard InChI is InChI=1S/C7H17N3O/c1-7(2)10(9(3)11)6-4-5-8/h7H,3-6,8H2,1-2H3/p+1. The molecule has 0 aliphatic carbocycles. The maximum atomic E-state index is 10.8. The summed E-state index contributed by atoms with van der Waals surface area (Å²) in [7, 11) is 0. The van der Waals surface area contributed by atoms with Crippen molar-refractivity contribution in [3.8, 4) is 0 Å². The Labute approximate surface area is 67.9 Å².